The molecule has 0 saturated heterocycles. The molecule has 0 amide bonds. The predicted molar refractivity (Wildman–Crippen MR) is 67.5 cm³/mol. The molecule has 0 spiro atoms. The first-order valence-electron chi connectivity index (χ1n) is 5.91. The van der Waals surface area contributed by atoms with Gasteiger partial charge in [0.2, 0.25) is 0 Å². The lowest BCUT2D eigenvalue weighted by atomic mass is 10.2. The maximum Gasteiger partial charge on any atom is 0.387 e. The number of para-hydroxylation sites is 1. The summed E-state index contributed by atoms with van der Waals surface area (Å²) in [6.07, 6.45) is 7.86. The van der Waals surface area contributed by atoms with E-state index in [1.54, 1.807) is 24.3 Å². The highest BCUT2D eigenvalue weighted by molar-refractivity contribution is 5.33. The highest BCUT2D eigenvalue weighted by atomic mass is 19.3. The molecule has 0 atom stereocenters. The van der Waals surface area contributed by atoms with Crippen molar-refractivity contribution in [2.75, 3.05) is 6.54 Å². The molecular formula is C14H17F2NO. The van der Waals surface area contributed by atoms with Gasteiger partial charge in [0.25, 0.3) is 0 Å². The second-order valence-corrected chi connectivity index (χ2v) is 3.82. The highest BCUT2D eigenvalue weighted by Gasteiger charge is 2.08. The van der Waals surface area contributed by atoms with Gasteiger partial charge in [0, 0.05) is 18.5 Å². The first kappa shape index (κ1) is 14.5. The van der Waals surface area contributed by atoms with Crippen molar-refractivity contribution < 1.29 is 13.5 Å². The normalized spacial score (nSPS) is 10.3. The summed E-state index contributed by atoms with van der Waals surface area (Å²) in [7, 11) is 0. The van der Waals surface area contributed by atoms with E-state index < -0.39 is 6.61 Å². The summed E-state index contributed by atoms with van der Waals surface area (Å²) in [5.74, 6) is 2.80. The average Bonchev–Trinajstić information content (AvgIpc) is 2.35. The number of unbranched alkanes of at least 4 members (excludes halogenated alkanes) is 2. The van der Waals surface area contributed by atoms with Crippen molar-refractivity contribution in [3.8, 4) is 18.1 Å². The second-order valence-electron chi connectivity index (χ2n) is 3.82. The van der Waals surface area contributed by atoms with Crippen LogP contribution < -0.4 is 10.1 Å². The Morgan fingerprint density at radius 2 is 2.06 bits per heavy atom. The quantitative estimate of drug-likeness (QED) is 0.567. The number of rotatable bonds is 8. The molecule has 2 nitrogen and oxygen atoms in total. The van der Waals surface area contributed by atoms with Crippen LogP contribution in [0.1, 0.15) is 24.8 Å². The Hall–Kier alpha value is -1.60. The summed E-state index contributed by atoms with van der Waals surface area (Å²) in [5, 5.41) is 3.18. The van der Waals surface area contributed by atoms with Gasteiger partial charge in [-0.3, -0.25) is 0 Å². The second kappa shape index (κ2) is 8.48. The smallest absolute Gasteiger partial charge is 0.387 e. The summed E-state index contributed by atoms with van der Waals surface area (Å²) in [6, 6.07) is 6.79. The molecule has 0 unspecified atom stereocenters. The van der Waals surface area contributed by atoms with Crippen LogP contribution in [0.15, 0.2) is 24.3 Å². The summed E-state index contributed by atoms with van der Waals surface area (Å²) in [4.78, 5) is 0. The molecule has 1 aromatic carbocycles. The third-order valence-electron chi connectivity index (χ3n) is 2.43. The predicted octanol–water partition coefficient (Wildman–Crippen LogP) is 3.18. The monoisotopic (exact) mass is 253 g/mol. The molecule has 0 fully saturated rings. The van der Waals surface area contributed by atoms with E-state index in [0.29, 0.717) is 6.54 Å². The van der Waals surface area contributed by atoms with Crippen LogP contribution in [0.25, 0.3) is 0 Å². The van der Waals surface area contributed by atoms with Crippen LogP contribution in [0.4, 0.5) is 8.78 Å². The van der Waals surface area contributed by atoms with E-state index in [2.05, 4.69) is 16.0 Å². The fourth-order valence-electron chi connectivity index (χ4n) is 1.56. The average molecular weight is 253 g/mol. The molecule has 0 aliphatic heterocycles. The van der Waals surface area contributed by atoms with Gasteiger partial charge in [0.05, 0.1) is 0 Å². The number of ether oxygens (including phenoxy) is 1. The number of terminal acetylenes is 1. The number of alkyl halides is 2. The van der Waals surface area contributed by atoms with E-state index in [0.717, 1.165) is 31.4 Å². The van der Waals surface area contributed by atoms with Crippen molar-refractivity contribution in [3.63, 3.8) is 0 Å². The van der Waals surface area contributed by atoms with Crippen molar-refractivity contribution in [1.29, 1.82) is 0 Å². The summed E-state index contributed by atoms with van der Waals surface area (Å²) in [5.41, 5.74) is 0.731. The number of halogens is 2. The van der Waals surface area contributed by atoms with Crippen molar-refractivity contribution >= 4 is 0 Å². The standard InChI is InChI=1S/C14H17F2NO/c1-2-3-4-7-10-17-11-12-8-5-6-9-13(12)18-14(15)16/h1,5-6,8-9,14,17H,3-4,7,10-11H2. The molecule has 0 aliphatic rings. The van der Waals surface area contributed by atoms with Crippen molar-refractivity contribution in [3.05, 3.63) is 29.8 Å². The van der Waals surface area contributed by atoms with E-state index in [1.165, 1.54) is 0 Å². The maximum absolute atomic E-state index is 12.2. The molecule has 0 saturated carbocycles. The summed E-state index contributed by atoms with van der Waals surface area (Å²) in [6.45, 7) is -1.47. The van der Waals surface area contributed by atoms with Crippen LogP contribution in [0.5, 0.6) is 5.75 Å². The Bertz CT molecular complexity index is 388. The molecular weight excluding hydrogens is 236 g/mol. The SMILES string of the molecule is C#CCCCCNCc1ccccc1OC(F)F. The molecule has 1 N–H and O–H groups in total. The van der Waals surface area contributed by atoms with Crippen LogP contribution >= 0.6 is 0 Å². The van der Waals surface area contributed by atoms with Gasteiger partial charge in [-0.25, -0.2) is 0 Å². The minimum Gasteiger partial charge on any atom is -0.434 e. The van der Waals surface area contributed by atoms with Gasteiger partial charge in [-0.15, -0.1) is 12.3 Å². The van der Waals surface area contributed by atoms with Gasteiger partial charge >= 0.3 is 6.61 Å². The topological polar surface area (TPSA) is 21.3 Å². The summed E-state index contributed by atoms with van der Waals surface area (Å²) >= 11 is 0. The van der Waals surface area contributed by atoms with Gasteiger partial charge in [0.1, 0.15) is 5.75 Å². The Morgan fingerprint density at radius 1 is 1.28 bits per heavy atom. The minimum atomic E-state index is -2.79. The Labute approximate surface area is 106 Å². The third kappa shape index (κ3) is 5.65. The molecule has 18 heavy (non-hydrogen) atoms. The fraction of sp³-hybridized carbons (Fsp3) is 0.429. The maximum atomic E-state index is 12.2. The Balaban J connectivity index is 2.35. The van der Waals surface area contributed by atoms with Gasteiger partial charge in [-0.2, -0.15) is 8.78 Å². The van der Waals surface area contributed by atoms with E-state index in [1.807, 2.05) is 0 Å². The summed E-state index contributed by atoms with van der Waals surface area (Å²) < 4.78 is 28.8. The molecule has 1 aromatic rings. The molecule has 0 heterocycles. The van der Waals surface area contributed by atoms with Gasteiger partial charge in [0.15, 0.2) is 0 Å². The fourth-order valence-corrected chi connectivity index (χ4v) is 1.56. The van der Waals surface area contributed by atoms with E-state index in [-0.39, 0.29) is 5.75 Å². The number of benzene rings is 1. The van der Waals surface area contributed by atoms with Gasteiger partial charge in [-0.05, 0) is 25.5 Å². The van der Waals surface area contributed by atoms with Crippen molar-refractivity contribution in [1.82, 2.24) is 5.32 Å². The molecule has 4 heteroatoms. The molecule has 98 valence electrons. The van der Waals surface area contributed by atoms with Crippen LogP contribution in [-0.2, 0) is 6.54 Å². The van der Waals surface area contributed by atoms with Crippen LogP contribution in [-0.4, -0.2) is 13.2 Å². The lowest BCUT2D eigenvalue weighted by Gasteiger charge is -2.11. The molecule has 1 rings (SSSR count). The number of nitrogens with one attached hydrogen (secondary N) is 1. The highest BCUT2D eigenvalue weighted by Crippen LogP contribution is 2.19. The van der Waals surface area contributed by atoms with Crippen LogP contribution in [0, 0.1) is 12.3 Å². The van der Waals surface area contributed by atoms with Crippen molar-refractivity contribution in [2.24, 2.45) is 0 Å². The van der Waals surface area contributed by atoms with Gasteiger partial charge in [-0.1, -0.05) is 18.2 Å². The lowest BCUT2D eigenvalue weighted by molar-refractivity contribution is -0.0504. The molecule has 0 bridgehead atoms. The van der Waals surface area contributed by atoms with Crippen LogP contribution in [0.2, 0.25) is 0 Å². The molecule has 0 aliphatic carbocycles. The number of hydrogen-bond acceptors (Lipinski definition) is 2. The van der Waals surface area contributed by atoms with Crippen LogP contribution in [0.3, 0.4) is 0 Å². The number of hydrogen-bond donors (Lipinski definition) is 1. The zero-order valence-electron chi connectivity index (χ0n) is 10.2. The zero-order valence-corrected chi connectivity index (χ0v) is 10.2. The molecule has 0 radical (unpaired) electrons. The Kier molecular flexibility index (Phi) is 6.82. The minimum absolute atomic E-state index is 0.226. The first-order valence-corrected chi connectivity index (χ1v) is 5.91. The van der Waals surface area contributed by atoms with E-state index in [9.17, 15) is 8.78 Å². The van der Waals surface area contributed by atoms with E-state index >= 15 is 0 Å². The van der Waals surface area contributed by atoms with Crippen molar-refractivity contribution in [2.45, 2.75) is 32.4 Å². The zero-order chi connectivity index (χ0) is 13.2. The largest absolute Gasteiger partial charge is 0.434 e. The Morgan fingerprint density at radius 3 is 2.78 bits per heavy atom. The third-order valence-corrected chi connectivity index (χ3v) is 2.43. The molecule has 0 aromatic heterocycles. The first-order chi connectivity index (χ1) is 8.74. The van der Waals surface area contributed by atoms with Gasteiger partial charge < -0.3 is 10.1 Å². The lowest BCUT2D eigenvalue weighted by Crippen LogP contribution is -2.16. The van der Waals surface area contributed by atoms with E-state index in [4.69, 9.17) is 6.42 Å².